The van der Waals surface area contributed by atoms with E-state index in [0.29, 0.717) is 0 Å². The lowest BCUT2D eigenvalue weighted by atomic mass is 10.1. The van der Waals surface area contributed by atoms with E-state index in [4.69, 9.17) is 0 Å². The van der Waals surface area contributed by atoms with Crippen molar-refractivity contribution in [2.45, 2.75) is 19.3 Å². The van der Waals surface area contributed by atoms with Crippen molar-refractivity contribution in [3.63, 3.8) is 0 Å². The van der Waals surface area contributed by atoms with Crippen molar-refractivity contribution in [2.75, 3.05) is 11.9 Å². The Morgan fingerprint density at radius 3 is 3.06 bits per heavy atom. The first-order chi connectivity index (χ1) is 8.25. The van der Waals surface area contributed by atoms with Crippen LogP contribution >= 0.6 is 15.9 Å². The maximum Gasteiger partial charge on any atom is 0.261 e. The van der Waals surface area contributed by atoms with Gasteiger partial charge in [0.05, 0.1) is 11.3 Å². The molecule has 2 aliphatic rings. The van der Waals surface area contributed by atoms with Crippen molar-refractivity contribution in [1.29, 1.82) is 0 Å². The first-order valence-electron chi connectivity index (χ1n) is 5.84. The van der Waals surface area contributed by atoms with Crippen LogP contribution in [-0.2, 0) is 0 Å². The Morgan fingerprint density at radius 1 is 1.29 bits per heavy atom. The molecule has 3 nitrogen and oxygen atoms in total. The Morgan fingerprint density at radius 2 is 2.18 bits per heavy atom. The van der Waals surface area contributed by atoms with Crippen molar-refractivity contribution < 1.29 is 4.79 Å². The number of allylic oxidation sites excluding steroid dienone is 1. The van der Waals surface area contributed by atoms with Crippen LogP contribution in [0.3, 0.4) is 0 Å². The second-order valence-corrected chi connectivity index (χ2v) is 5.27. The number of benzene rings is 1. The highest BCUT2D eigenvalue weighted by Gasteiger charge is 2.28. The topological polar surface area (TPSA) is 32.3 Å². The van der Waals surface area contributed by atoms with E-state index in [9.17, 15) is 4.79 Å². The van der Waals surface area contributed by atoms with Crippen molar-refractivity contribution in [3.8, 4) is 0 Å². The number of amides is 1. The van der Waals surface area contributed by atoms with Gasteiger partial charge in [0.1, 0.15) is 5.82 Å². The molecule has 0 saturated carbocycles. The fourth-order valence-electron chi connectivity index (χ4n) is 2.30. The van der Waals surface area contributed by atoms with E-state index in [1.807, 2.05) is 23.1 Å². The molecule has 2 aliphatic heterocycles. The minimum atomic E-state index is 0.105. The first kappa shape index (κ1) is 10.8. The predicted octanol–water partition coefficient (Wildman–Crippen LogP) is 3.34. The summed E-state index contributed by atoms with van der Waals surface area (Å²) in [5, 5.41) is 3.34. The number of hydrogen-bond acceptors (Lipinski definition) is 2. The zero-order valence-electron chi connectivity index (χ0n) is 9.37. The van der Waals surface area contributed by atoms with E-state index in [2.05, 4.69) is 27.3 Å². The summed E-state index contributed by atoms with van der Waals surface area (Å²) >= 11 is 3.41. The number of hydrogen-bond donors (Lipinski definition) is 1. The molecule has 4 heteroatoms. The van der Waals surface area contributed by atoms with Crippen LogP contribution < -0.4 is 5.32 Å². The molecule has 0 radical (unpaired) electrons. The number of nitrogens with one attached hydrogen (secondary N) is 1. The second-order valence-electron chi connectivity index (χ2n) is 4.36. The SMILES string of the molecule is O=C1c2cc(Br)ccc2NC2=CCCCCN12. The Hall–Kier alpha value is -1.29. The largest absolute Gasteiger partial charge is 0.341 e. The van der Waals surface area contributed by atoms with Crippen molar-refractivity contribution in [3.05, 3.63) is 40.1 Å². The van der Waals surface area contributed by atoms with E-state index < -0.39 is 0 Å². The molecule has 0 bridgehead atoms. The van der Waals surface area contributed by atoms with Crippen LogP contribution in [0, 0.1) is 0 Å². The normalized spacial score (nSPS) is 18.8. The number of carbonyl (C=O) groups excluding carboxylic acids is 1. The number of fused-ring (bicyclic) bond motifs is 2. The van der Waals surface area contributed by atoms with Gasteiger partial charge >= 0.3 is 0 Å². The van der Waals surface area contributed by atoms with Crippen molar-refractivity contribution >= 4 is 27.5 Å². The molecule has 0 aromatic heterocycles. The third-order valence-corrected chi connectivity index (χ3v) is 3.68. The third-order valence-electron chi connectivity index (χ3n) is 3.18. The number of carbonyl (C=O) groups is 1. The third kappa shape index (κ3) is 1.86. The molecular formula is C13H13BrN2O. The van der Waals surface area contributed by atoms with Gasteiger partial charge < -0.3 is 5.32 Å². The molecular weight excluding hydrogens is 280 g/mol. The van der Waals surface area contributed by atoms with Crippen LogP contribution in [0.2, 0.25) is 0 Å². The molecule has 0 saturated heterocycles. The summed E-state index contributed by atoms with van der Waals surface area (Å²) < 4.78 is 0.939. The lowest BCUT2D eigenvalue weighted by Gasteiger charge is -2.31. The monoisotopic (exact) mass is 292 g/mol. The van der Waals surface area contributed by atoms with E-state index in [0.717, 1.165) is 47.4 Å². The van der Waals surface area contributed by atoms with E-state index in [-0.39, 0.29) is 5.91 Å². The average molecular weight is 293 g/mol. The summed E-state index contributed by atoms with van der Waals surface area (Å²) in [4.78, 5) is 14.2. The zero-order chi connectivity index (χ0) is 11.8. The smallest absolute Gasteiger partial charge is 0.261 e. The minimum Gasteiger partial charge on any atom is -0.341 e. The number of rotatable bonds is 0. The zero-order valence-corrected chi connectivity index (χ0v) is 11.0. The van der Waals surface area contributed by atoms with E-state index >= 15 is 0 Å². The number of halogens is 1. The first-order valence-corrected chi connectivity index (χ1v) is 6.63. The van der Waals surface area contributed by atoms with Crippen LogP contribution in [-0.4, -0.2) is 17.4 Å². The van der Waals surface area contributed by atoms with Gasteiger partial charge in [0.25, 0.3) is 5.91 Å². The van der Waals surface area contributed by atoms with Crippen LogP contribution in [0.4, 0.5) is 5.69 Å². The second kappa shape index (κ2) is 4.18. The van der Waals surface area contributed by atoms with Crippen LogP contribution in [0.5, 0.6) is 0 Å². The molecule has 0 fully saturated rings. The van der Waals surface area contributed by atoms with Gasteiger partial charge in [-0.3, -0.25) is 9.69 Å². The fraction of sp³-hybridized carbons (Fsp3) is 0.308. The Balaban J connectivity index is 2.07. The van der Waals surface area contributed by atoms with Crippen LogP contribution in [0.25, 0.3) is 0 Å². The van der Waals surface area contributed by atoms with Gasteiger partial charge in [-0.05, 0) is 43.5 Å². The Labute approximate surface area is 109 Å². The molecule has 1 aromatic carbocycles. The quantitative estimate of drug-likeness (QED) is 0.795. The Kier molecular flexibility index (Phi) is 2.67. The van der Waals surface area contributed by atoms with Gasteiger partial charge in [0, 0.05) is 11.0 Å². The molecule has 1 amide bonds. The van der Waals surface area contributed by atoms with E-state index in [1.165, 1.54) is 0 Å². The standard InChI is InChI=1S/C13H13BrN2O/c14-9-5-6-11-10(8-9)13(17)16-7-3-1-2-4-12(16)15-11/h4-6,8,15H,1-3,7H2. The summed E-state index contributed by atoms with van der Waals surface area (Å²) in [5.41, 5.74) is 1.65. The molecule has 88 valence electrons. The molecule has 1 N–H and O–H groups in total. The van der Waals surface area contributed by atoms with Gasteiger partial charge in [0.2, 0.25) is 0 Å². The van der Waals surface area contributed by atoms with Crippen molar-refractivity contribution in [1.82, 2.24) is 4.90 Å². The van der Waals surface area contributed by atoms with Gasteiger partial charge in [-0.25, -0.2) is 0 Å². The molecule has 0 atom stereocenters. The molecule has 0 spiro atoms. The molecule has 0 aliphatic carbocycles. The summed E-state index contributed by atoms with van der Waals surface area (Å²) in [6, 6.07) is 5.78. The molecule has 17 heavy (non-hydrogen) atoms. The molecule has 2 heterocycles. The summed E-state index contributed by atoms with van der Waals surface area (Å²) in [6.07, 6.45) is 5.37. The Bertz CT molecular complexity index is 510. The summed E-state index contributed by atoms with van der Waals surface area (Å²) in [7, 11) is 0. The summed E-state index contributed by atoms with van der Waals surface area (Å²) in [5.74, 6) is 1.05. The molecule has 3 rings (SSSR count). The van der Waals surface area contributed by atoms with Crippen LogP contribution in [0.15, 0.2) is 34.6 Å². The van der Waals surface area contributed by atoms with Gasteiger partial charge in [0.15, 0.2) is 0 Å². The van der Waals surface area contributed by atoms with Crippen molar-refractivity contribution in [2.24, 2.45) is 0 Å². The maximum atomic E-state index is 12.4. The van der Waals surface area contributed by atoms with E-state index in [1.54, 1.807) is 0 Å². The predicted molar refractivity (Wildman–Crippen MR) is 70.7 cm³/mol. The lowest BCUT2D eigenvalue weighted by Crippen LogP contribution is -2.38. The van der Waals surface area contributed by atoms with Gasteiger partial charge in [-0.2, -0.15) is 0 Å². The summed E-state index contributed by atoms with van der Waals surface area (Å²) in [6.45, 7) is 0.809. The highest BCUT2D eigenvalue weighted by atomic mass is 79.9. The fourth-order valence-corrected chi connectivity index (χ4v) is 2.66. The highest BCUT2D eigenvalue weighted by molar-refractivity contribution is 9.10. The minimum absolute atomic E-state index is 0.105. The lowest BCUT2D eigenvalue weighted by molar-refractivity contribution is 0.0802. The highest BCUT2D eigenvalue weighted by Crippen LogP contribution is 2.31. The molecule has 1 aromatic rings. The molecule has 0 unspecified atom stereocenters. The number of nitrogens with zero attached hydrogens (tertiary/aromatic N) is 1. The average Bonchev–Trinajstić information content (AvgIpc) is 2.56. The number of anilines is 1. The maximum absolute atomic E-state index is 12.4. The van der Waals surface area contributed by atoms with Gasteiger partial charge in [-0.15, -0.1) is 0 Å². The van der Waals surface area contributed by atoms with Crippen LogP contribution in [0.1, 0.15) is 29.6 Å². The van der Waals surface area contributed by atoms with Gasteiger partial charge in [-0.1, -0.05) is 15.9 Å².